The van der Waals surface area contributed by atoms with Crippen LogP contribution < -0.4 is 5.32 Å². The number of halogens is 1. The molecule has 1 rings (SSSR count). The molecule has 0 radical (unpaired) electrons. The number of carboxylic acid groups (broad SMARTS) is 1. The van der Waals surface area contributed by atoms with E-state index in [9.17, 15) is 4.79 Å². The van der Waals surface area contributed by atoms with Crippen molar-refractivity contribution in [1.29, 1.82) is 0 Å². The molecule has 0 fully saturated rings. The summed E-state index contributed by atoms with van der Waals surface area (Å²) in [5.41, 5.74) is -0.650. The summed E-state index contributed by atoms with van der Waals surface area (Å²) < 4.78 is 1.12. The highest BCUT2D eigenvalue weighted by molar-refractivity contribution is 9.11. The highest BCUT2D eigenvalue weighted by Gasteiger charge is 2.25. The molecule has 0 spiro atoms. The number of carbonyl (C=O) groups is 1. The lowest BCUT2D eigenvalue weighted by Crippen LogP contribution is -2.28. The molecule has 2 N–H and O–H groups in total. The Morgan fingerprint density at radius 3 is 2.75 bits per heavy atom. The summed E-state index contributed by atoms with van der Waals surface area (Å²) in [6.45, 7) is 5.01. The predicted molar refractivity (Wildman–Crippen MR) is 69.8 cm³/mol. The summed E-state index contributed by atoms with van der Waals surface area (Å²) in [5.74, 6) is -0.742. The van der Waals surface area contributed by atoms with Gasteiger partial charge < -0.3 is 10.4 Å². The molecular weight excluding hydrogens is 290 g/mol. The molecule has 5 heteroatoms. The van der Waals surface area contributed by atoms with Gasteiger partial charge in [-0.3, -0.25) is 4.79 Å². The number of nitrogens with one attached hydrogen (secondary N) is 1. The third-order valence-electron chi connectivity index (χ3n) is 2.43. The predicted octanol–water partition coefficient (Wildman–Crippen LogP) is 3.10. The van der Waals surface area contributed by atoms with Gasteiger partial charge in [-0.2, -0.15) is 0 Å². The molecule has 0 aliphatic rings. The third-order valence-corrected chi connectivity index (χ3v) is 4.06. The van der Waals surface area contributed by atoms with E-state index in [4.69, 9.17) is 5.11 Å². The van der Waals surface area contributed by atoms with Crippen molar-refractivity contribution in [2.75, 3.05) is 6.54 Å². The van der Waals surface area contributed by atoms with E-state index in [0.717, 1.165) is 16.9 Å². The molecule has 0 aliphatic heterocycles. The highest BCUT2D eigenvalue weighted by atomic mass is 79.9. The SMILES string of the molecule is CC(C)(CCNCc1ccc(Br)s1)C(=O)O. The lowest BCUT2D eigenvalue weighted by molar-refractivity contribution is -0.147. The van der Waals surface area contributed by atoms with E-state index < -0.39 is 11.4 Å². The zero-order valence-electron chi connectivity index (χ0n) is 9.42. The normalized spacial score (nSPS) is 11.7. The van der Waals surface area contributed by atoms with Gasteiger partial charge in [-0.1, -0.05) is 0 Å². The summed E-state index contributed by atoms with van der Waals surface area (Å²) in [4.78, 5) is 12.1. The molecule has 0 atom stereocenters. The van der Waals surface area contributed by atoms with Crippen molar-refractivity contribution in [1.82, 2.24) is 5.32 Å². The van der Waals surface area contributed by atoms with Crippen LogP contribution in [0.5, 0.6) is 0 Å². The van der Waals surface area contributed by atoms with E-state index in [2.05, 4.69) is 27.3 Å². The maximum absolute atomic E-state index is 10.9. The van der Waals surface area contributed by atoms with Crippen molar-refractivity contribution in [2.45, 2.75) is 26.8 Å². The largest absolute Gasteiger partial charge is 0.481 e. The number of hydrogen-bond acceptors (Lipinski definition) is 3. The molecule has 3 nitrogen and oxygen atoms in total. The summed E-state index contributed by atoms with van der Waals surface area (Å²) in [7, 11) is 0. The molecule has 16 heavy (non-hydrogen) atoms. The van der Waals surface area contributed by atoms with Gasteiger partial charge in [0.1, 0.15) is 0 Å². The lowest BCUT2D eigenvalue weighted by Gasteiger charge is -2.18. The minimum absolute atomic E-state index is 0.634. The fraction of sp³-hybridized carbons (Fsp3) is 0.545. The average molecular weight is 306 g/mol. The summed E-state index contributed by atoms with van der Waals surface area (Å²) >= 11 is 5.09. The topological polar surface area (TPSA) is 49.3 Å². The second-order valence-corrected chi connectivity index (χ2v) is 6.87. The van der Waals surface area contributed by atoms with Crippen LogP contribution in [-0.2, 0) is 11.3 Å². The molecule has 1 heterocycles. The van der Waals surface area contributed by atoms with Crippen LogP contribution in [0.1, 0.15) is 25.1 Å². The van der Waals surface area contributed by atoms with E-state index in [-0.39, 0.29) is 0 Å². The molecule has 0 amide bonds. The fourth-order valence-electron chi connectivity index (χ4n) is 1.17. The molecule has 0 saturated heterocycles. The average Bonchev–Trinajstić information content (AvgIpc) is 2.59. The Labute approximate surface area is 108 Å². The summed E-state index contributed by atoms with van der Waals surface area (Å²) in [5, 5.41) is 12.2. The zero-order chi connectivity index (χ0) is 12.2. The Morgan fingerprint density at radius 2 is 2.25 bits per heavy atom. The van der Waals surface area contributed by atoms with Gasteiger partial charge in [0.05, 0.1) is 9.20 Å². The van der Waals surface area contributed by atoms with Gasteiger partial charge in [0, 0.05) is 11.4 Å². The minimum Gasteiger partial charge on any atom is -0.481 e. The fourth-order valence-corrected chi connectivity index (χ4v) is 2.62. The van der Waals surface area contributed by atoms with Crippen LogP contribution in [0.25, 0.3) is 0 Å². The maximum Gasteiger partial charge on any atom is 0.309 e. The van der Waals surface area contributed by atoms with Gasteiger partial charge in [-0.05, 0) is 54.9 Å². The van der Waals surface area contributed by atoms with Crippen LogP contribution in [-0.4, -0.2) is 17.6 Å². The standard InChI is InChI=1S/C11H16BrNO2S/c1-11(2,10(14)15)5-6-13-7-8-3-4-9(12)16-8/h3-4,13H,5-7H2,1-2H3,(H,14,15). The van der Waals surface area contributed by atoms with E-state index in [1.54, 1.807) is 25.2 Å². The summed E-state index contributed by atoms with van der Waals surface area (Å²) in [6.07, 6.45) is 0.634. The molecule has 0 unspecified atom stereocenters. The summed E-state index contributed by atoms with van der Waals surface area (Å²) in [6, 6.07) is 4.08. The Morgan fingerprint density at radius 1 is 1.56 bits per heavy atom. The van der Waals surface area contributed by atoms with Crippen LogP contribution >= 0.6 is 27.3 Å². The van der Waals surface area contributed by atoms with Crippen molar-refractivity contribution in [2.24, 2.45) is 5.41 Å². The molecule has 0 bridgehead atoms. The van der Waals surface area contributed by atoms with Crippen LogP contribution in [0.4, 0.5) is 0 Å². The van der Waals surface area contributed by atoms with Gasteiger partial charge in [0.2, 0.25) is 0 Å². The maximum atomic E-state index is 10.9. The molecule has 0 aromatic carbocycles. The van der Waals surface area contributed by atoms with Crippen LogP contribution in [0, 0.1) is 5.41 Å². The third kappa shape index (κ3) is 4.23. The quantitative estimate of drug-likeness (QED) is 0.794. The van der Waals surface area contributed by atoms with Crippen molar-refractivity contribution >= 4 is 33.2 Å². The van der Waals surface area contributed by atoms with Gasteiger partial charge in [0.25, 0.3) is 0 Å². The van der Waals surface area contributed by atoms with E-state index in [1.807, 2.05) is 6.07 Å². The van der Waals surface area contributed by atoms with Crippen molar-refractivity contribution in [3.63, 3.8) is 0 Å². The second-order valence-electron chi connectivity index (χ2n) is 4.32. The number of carboxylic acids is 1. The molecular formula is C11H16BrNO2S. The van der Waals surface area contributed by atoms with E-state index in [1.165, 1.54) is 4.88 Å². The zero-order valence-corrected chi connectivity index (χ0v) is 11.8. The van der Waals surface area contributed by atoms with Crippen LogP contribution in [0.15, 0.2) is 15.9 Å². The molecule has 1 aromatic rings. The Kier molecular flexibility index (Phi) is 4.95. The van der Waals surface area contributed by atoms with Crippen LogP contribution in [0.3, 0.4) is 0 Å². The monoisotopic (exact) mass is 305 g/mol. The number of hydrogen-bond donors (Lipinski definition) is 2. The van der Waals surface area contributed by atoms with E-state index in [0.29, 0.717) is 6.42 Å². The first kappa shape index (κ1) is 13.7. The van der Waals surface area contributed by atoms with Gasteiger partial charge in [0.15, 0.2) is 0 Å². The minimum atomic E-state index is -0.742. The molecule has 0 aliphatic carbocycles. The molecule has 90 valence electrons. The smallest absolute Gasteiger partial charge is 0.309 e. The Hall–Kier alpha value is -0.390. The first-order valence-electron chi connectivity index (χ1n) is 5.10. The van der Waals surface area contributed by atoms with Gasteiger partial charge in [-0.25, -0.2) is 0 Å². The van der Waals surface area contributed by atoms with E-state index >= 15 is 0 Å². The first-order valence-corrected chi connectivity index (χ1v) is 6.71. The first-order chi connectivity index (χ1) is 7.42. The second kappa shape index (κ2) is 5.80. The van der Waals surface area contributed by atoms with Crippen molar-refractivity contribution in [3.05, 3.63) is 20.8 Å². The number of thiophene rings is 1. The molecule has 0 saturated carbocycles. The van der Waals surface area contributed by atoms with Crippen molar-refractivity contribution in [3.8, 4) is 0 Å². The number of aliphatic carboxylic acids is 1. The van der Waals surface area contributed by atoms with Crippen molar-refractivity contribution < 1.29 is 9.90 Å². The van der Waals surface area contributed by atoms with Gasteiger partial charge in [-0.15, -0.1) is 11.3 Å². The van der Waals surface area contributed by atoms with Crippen LogP contribution in [0.2, 0.25) is 0 Å². The lowest BCUT2D eigenvalue weighted by atomic mass is 9.90. The Bertz CT molecular complexity index is 363. The highest BCUT2D eigenvalue weighted by Crippen LogP contribution is 2.22. The van der Waals surface area contributed by atoms with Gasteiger partial charge >= 0.3 is 5.97 Å². The Balaban J connectivity index is 2.24. The number of rotatable bonds is 6. The molecule has 1 aromatic heterocycles.